The van der Waals surface area contributed by atoms with Crippen LogP contribution in [0.5, 0.6) is 0 Å². The van der Waals surface area contributed by atoms with Crippen LogP contribution in [0.3, 0.4) is 0 Å². The van der Waals surface area contributed by atoms with Gasteiger partial charge < -0.3 is 15.5 Å². The summed E-state index contributed by atoms with van der Waals surface area (Å²) in [5.74, 6) is 1.16. The van der Waals surface area contributed by atoms with Crippen LogP contribution in [0.4, 0.5) is 10.5 Å². The van der Waals surface area contributed by atoms with Crippen molar-refractivity contribution < 1.29 is 4.79 Å². The second-order valence-corrected chi connectivity index (χ2v) is 6.09. The first-order valence-electron chi connectivity index (χ1n) is 6.93. The fraction of sp³-hybridized carbons (Fsp3) is 0.533. The molecule has 3 rings (SSSR count). The fourth-order valence-corrected chi connectivity index (χ4v) is 3.48. The van der Waals surface area contributed by atoms with Gasteiger partial charge >= 0.3 is 6.03 Å². The lowest BCUT2D eigenvalue weighted by Gasteiger charge is -2.35. The van der Waals surface area contributed by atoms with Crippen molar-refractivity contribution in [1.82, 2.24) is 10.2 Å². The SMILES string of the molecule is CC1(C)C2CNCC2CN1C(=O)Nc1ccccc1. The molecule has 2 amide bonds. The van der Waals surface area contributed by atoms with E-state index in [-0.39, 0.29) is 11.6 Å². The van der Waals surface area contributed by atoms with Gasteiger partial charge in [0, 0.05) is 30.9 Å². The zero-order chi connectivity index (χ0) is 13.5. The van der Waals surface area contributed by atoms with E-state index in [4.69, 9.17) is 0 Å². The lowest BCUT2D eigenvalue weighted by atomic mass is 9.85. The summed E-state index contributed by atoms with van der Waals surface area (Å²) in [6.07, 6.45) is 0. The molecule has 2 unspecified atom stereocenters. The minimum atomic E-state index is -0.0764. The molecule has 2 N–H and O–H groups in total. The van der Waals surface area contributed by atoms with Gasteiger partial charge in [0.1, 0.15) is 0 Å². The van der Waals surface area contributed by atoms with Gasteiger partial charge in [0.05, 0.1) is 0 Å². The Hall–Kier alpha value is -1.55. The highest BCUT2D eigenvalue weighted by molar-refractivity contribution is 5.90. The quantitative estimate of drug-likeness (QED) is 0.811. The first-order chi connectivity index (χ1) is 9.09. The molecule has 102 valence electrons. The summed E-state index contributed by atoms with van der Waals surface area (Å²) in [5, 5.41) is 6.43. The Bertz CT molecular complexity index is 472. The van der Waals surface area contributed by atoms with E-state index in [1.165, 1.54) is 0 Å². The molecule has 2 saturated heterocycles. The predicted molar refractivity (Wildman–Crippen MR) is 76.1 cm³/mol. The number of carbonyl (C=O) groups is 1. The van der Waals surface area contributed by atoms with Gasteiger partial charge in [-0.15, -0.1) is 0 Å². The molecule has 2 aliphatic rings. The standard InChI is InChI=1S/C15H21N3O/c1-15(2)13-9-16-8-11(13)10-18(15)14(19)17-12-6-4-3-5-7-12/h3-7,11,13,16H,8-10H2,1-2H3,(H,17,19). The molecule has 4 heteroatoms. The number of likely N-dealkylation sites (tertiary alicyclic amines) is 1. The average molecular weight is 259 g/mol. The molecule has 2 heterocycles. The summed E-state index contributed by atoms with van der Waals surface area (Å²) < 4.78 is 0. The maximum atomic E-state index is 12.5. The molecule has 0 saturated carbocycles. The monoisotopic (exact) mass is 259 g/mol. The summed E-state index contributed by atoms with van der Waals surface area (Å²) in [5.41, 5.74) is 0.783. The van der Waals surface area contributed by atoms with E-state index in [0.717, 1.165) is 25.3 Å². The van der Waals surface area contributed by atoms with Crippen molar-refractivity contribution in [2.45, 2.75) is 19.4 Å². The third-order valence-corrected chi connectivity index (χ3v) is 4.63. The highest BCUT2D eigenvalue weighted by atomic mass is 16.2. The minimum absolute atomic E-state index is 0.0191. The Kier molecular flexibility index (Phi) is 2.97. The zero-order valence-corrected chi connectivity index (χ0v) is 11.5. The van der Waals surface area contributed by atoms with E-state index in [0.29, 0.717) is 11.8 Å². The number of anilines is 1. The molecule has 0 radical (unpaired) electrons. The molecule has 1 aromatic carbocycles. The molecule has 0 aromatic heterocycles. The summed E-state index contributed by atoms with van der Waals surface area (Å²) in [6, 6.07) is 9.68. The first-order valence-corrected chi connectivity index (χ1v) is 6.93. The van der Waals surface area contributed by atoms with Crippen LogP contribution in [-0.2, 0) is 0 Å². The lowest BCUT2D eigenvalue weighted by Crippen LogP contribution is -2.49. The lowest BCUT2D eigenvalue weighted by molar-refractivity contribution is 0.157. The number of carbonyl (C=O) groups excluding carboxylic acids is 1. The van der Waals surface area contributed by atoms with Crippen LogP contribution in [0.1, 0.15) is 13.8 Å². The van der Waals surface area contributed by atoms with Gasteiger partial charge in [-0.1, -0.05) is 18.2 Å². The molecular formula is C15H21N3O. The summed E-state index contributed by atoms with van der Waals surface area (Å²) in [6.45, 7) is 7.25. The van der Waals surface area contributed by atoms with Gasteiger partial charge in [-0.3, -0.25) is 0 Å². The van der Waals surface area contributed by atoms with Crippen molar-refractivity contribution in [3.05, 3.63) is 30.3 Å². The van der Waals surface area contributed by atoms with Crippen molar-refractivity contribution >= 4 is 11.7 Å². The largest absolute Gasteiger partial charge is 0.322 e. The Balaban J connectivity index is 1.74. The van der Waals surface area contributed by atoms with E-state index < -0.39 is 0 Å². The van der Waals surface area contributed by atoms with Crippen molar-refractivity contribution in [3.63, 3.8) is 0 Å². The smallest absolute Gasteiger partial charge is 0.319 e. The van der Waals surface area contributed by atoms with E-state index >= 15 is 0 Å². The van der Waals surface area contributed by atoms with Crippen LogP contribution in [0.15, 0.2) is 30.3 Å². The second-order valence-electron chi connectivity index (χ2n) is 6.09. The van der Waals surface area contributed by atoms with Gasteiger partial charge in [0.2, 0.25) is 0 Å². The highest BCUT2D eigenvalue weighted by Crippen LogP contribution is 2.40. The Morgan fingerprint density at radius 2 is 2.05 bits per heavy atom. The van der Waals surface area contributed by atoms with Crippen molar-refractivity contribution in [2.24, 2.45) is 11.8 Å². The molecule has 0 spiro atoms. The molecule has 0 bridgehead atoms. The fourth-order valence-electron chi connectivity index (χ4n) is 3.48. The average Bonchev–Trinajstić information content (AvgIpc) is 2.93. The third-order valence-electron chi connectivity index (χ3n) is 4.63. The number of nitrogens with one attached hydrogen (secondary N) is 2. The minimum Gasteiger partial charge on any atom is -0.319 e. The summed E-state index contributed by atoms with van der Waals surface area (Å²) in [4.78, 5) is 14.5. The molecule has 19 heavy (non-hydrogen) atoms. The molecule has 2 fully saturated rings. The number of hydrogen-bond acceptors (Lipinski definition) is 2. The maximum Gasteiger partial charge on any atom is 0.322 e. The van der Waals surface area contributed by atoms with Gasteiger partial charge in [0.15, 0.2) is 0 Å². The van der Waals surface area contributed by atoms with Crippen LogP contribution in [0.2, 0.25) is 0 Å². The molecule has 2 aliphatic heterocycles. The topological polar surface area (TPSA) is 44.4 Å². The van der Waals surface area contributed by atoms with Crippen LogP contribution in [0, 0.1) is 11.8 Å². The first kappa shape index (κ1) is 12.5. The van der Waals surface area contributed by atoms with E-state index in [1.807, 2.05) is 35.2 Å². The molecule has 0 aliphatic carbocycles. The third kappa shape index (κ3) is 2.10. The normalized spacial score (nSPS) is 28.2. The van der Waals surface area contributed by atoms with Crippen LogP contribution < -0.4 is 10.6 Å². The van der Waals surface area contributed by atoms with Crippen molar-refractivity contribution in [1.29, 1.82) is 0 Å². The number of hydrogen-bond donors (Lipinski definition) is 2. The zero-order valence-electron chi connectivity index (χ0n) is 11.5. The second kappa shape index (κ2) is 4.53. The van der Waals surface area contributed by atoms with Crippen molar-refractivity contribution in [3.8, 4) is 0 Å². The van der Waals surface area contributed by atoms with Crippen LogP contribution >= 0.6 is 0 Å². The summed E-state index contributed by atoms with van der Waals surface area (Å²) >= 11 is 0. The molecule has 2 atom stereocenters. The van der Waals surface area contributed by atoms with Gasteiger partial charge in [-0.25, -0.2) is 4.79 Å². The molecule has 1 aromatic rings. The number of benzene rings is 1. The summed E-state index contributed by atoms with van der Waals surface area (Å²) in [7, 11) is 0. The van der Waals surface area contributed by atoms with Gasteiger partial charge in [0.25, 0.3) is 0 Å². The van der Waals surface area contributed by atoms with Gasteiger partial charge in [-0.05, 0) is 37.8 Å². The van der Waals surface area contributed by atoms with Gasteiger partial charge in [-0.2, -0.15) is 0 Å². The molecular weight excluding hydrogens is 238 g/mol. The van der Waals surface area contributed by atoms with Crippen LogP contribution in [0.25, 0.3) is 0 Å². The number of amides is 2. The predicted octanol–water partition coefficient (Wildman–Crippen LogP) is 2.15. The Labute approximate surface area is 114 Å². The maximum absolute atomic E-state index is 12.5. The van der Waals surface area contributed by atoms with E-state index in [1.54, 1.807) is 0 Å². The highest BCUT2D eigenvalue weighted by Gasteiger charge is 2.51. The number of para-hydroxylation sites is 1. The van der Waals surface area contributed by atoms with E-state index in [2.05, 4.69) is 24.5 Å². The number of nitrogens with zero attached hydrogens (tertiary/aromatic N) is 1. The Morgan fingerprint density at radius 3 is 2.74 bits per heavy atom. The number of rotatable bonds is 1. The van der Waals surface area contributed by atoms with Crippen LogP contribution in [-0.4, -0.2) is 36.1 Å². The number of urea groups is 1. The van der Waals surface area contributed by atoms with Crippen molar-refractivity contribution in [2.75, 3.05) is 25.0 Å². The number of fused-ring (bicyclic) bond motifs is 1. The Morgan fingerprint density at radius 1 is 1.32 bits per heavy atom. The van der Waals surface area contributed by atoms with E-state index in [9.17, 15) is 4.79 Å². The molecule has 4 nitrogen and oxygen atoms in total.